The molecule has 1 N–H and O–H groups in total. The lowest BCUT2D eigenvalue weighted by Gasteiger charge is -2.18. The molecule has 96 valence electrons. The lowest BCUT2D eigenvalue weighted by Crippen LogP contribution is -2.22. The summed E-state index contributed by atoms with van der Waals surface area (Å²) >= 11 is 0. The summed E-state index contributed by atoms with van der Waals surface area (Å²) in [5, 5.41) is 2.98. The van der Waals surface area contributed by atoms with E-state index >= 15 is 0 Å². The molecule has 1 rings (SSSR count). The van der Waals surface area contributed by atoms with Crippen molar-refractivity contribution in [3.63, 3.8) is 0 Å². The van der Waals surface area contributed by atoms with Crippen molar-refractivity contribution in [2.24, 2.45) is 0 Å². The van der Waals surface area contributed by atoms with E-state index in [0.717, 1.165) is 32.4 Å². The highest BCUT2D eigenvalue weighted by atomic mass is 19.1. The third-order valence-corrected chi connectivity index (χ3v) is 2.52. The summed E-state index contributed by atoms with van der Waals surface area (Å²) in [6.07, 6.45) is 4.57. The van der Waals surface area contributed by atoms with E-state index in [9.17, 15) is 4.39 Å². The van der Waals surface area contributed by atoms with E-state index in [4.69, 9.17) is 0 Å². The van der Waals surface area contributed by atoms with Crippen molar-refractivity contribution in [2.45, 2.75) is 33.1 Å². The van der Waals surface area contributed by atoms with Crippen molar-refractivity contribution in [3.8, 4) is 0 Å². The largest absolute Gasteiger partial charge is 0.357 e. The summed E-state index contributed by atoms with van der Waals surface area (Å²) in [7, 11) is 1.86. The van der Waals surface area contributed by atoms with Crippen LogP contribution in [0.3, 0.4) is 0 Å². The molecule has 0 radical (unpaired) electrons. The summed E-state index contributed by atoms with van der Waals surface area (Å²) in [4.78, 5) is 9.89. The van der Waals surface area contributed by atoms with E-state index in [-0.39, 0.29) is 5.82 Å². The SMILES string of the molecule is CCCCCN(C)c1nc(NCC)ncc1F. The Hall–Kier alpha value is -1.39. The van der Waals surface area contributed by atoms with Gasteiger partial charge >= 0.3 is 0 Å². The normalized spacial score (nSPS) is 10.4. The number of hydrogen-bond acceptors (Lipinski definition) is 4. The van der Waals surface area contributed by atoms with Gasteiger partial charge in [-0.15, -0.1) is 0 Å². The molecule has 0 saturated heterocycles. The van der Waals surface area contributed by atoms with Crippen LogP contribution in [0.4, 0.5) is 16.2 Å². The Balaban J connectivity index is 2.69. The van der Waals surface area contributed by atoms with Gasteiger partial charge in [0.2, 0.25) is 5.95 Å². The molecular weight excluding hydrogens is 219 g/mol. The fourth-order valence-corrected chi connectivity index (χ4v) is 1.57. The highest BCUT2D eigenvalue weighted by molar-refractivity contribution is 5.43. The first-order valence-electron chi connectivity index (χ1n) is 6.16. The first-order valence-corrected chi connectivity index (χ1v) is 6.16. The Morgan fingerprint density at radius 2 is 2.12 bits per heavy atom. The maximum atomic E-state index is 13.6. The van der Waals surface area contributed by atoms with E-state index < -0.39 is 0 Å². The van der Waals surface area contributed by atoms with Crippen LogP contribution >= 0.6 is 0 Å². The maximum Gasteiger partial charge on any atom is 0.224 e. The van der Waals surface area contributed by atoms with Crippen molar-refractivity contribution < 1.29 is 4.39 Å². The van der Waals surface area contributed by atoms with Gasteiger partial charge in [0, 0.05) is 20.1 Å². The van der Waals surface area contributed by atoms with Gasteiger partial charge in [0.1, 0.15) is 0 Å². The summed E-state index contributed by atoms with van der Waals surface area (Å²) in [6, 6.07) is 0. The quantitative estimate of drug-likeness (QED) is 0.744. The Bertz CT molecular complexity index is 343. The molecular formula is C12H21FN4. The predicted octanol–water partition coefficient (Wildman–Crippen LogP) is 2.67. The molecule has 0 fully saturated rings. The average Bonchev–Trinajstić information content (AvgIpc) is 2.32. The summed E-state index contributed by atoms with van der Waals surface area (Å²) < 4.78 is 13.6. The third-order valence-electron chi connectivity index (χ3n) is 2.52. The van der Waals surface area contributed by atoms with E-state index in [1.54, 1.807) is 0 Å². The minimum Gasteiger partial charge on any atom is -0.357 e. The Labute approximate surface area is 102 Å². The molecule has 1 heterocycles. The van der Waals surface area contributed by atoms with Gasteiger partial charge in [-0.25, -0.2) is 9.37 Å². The van der Waals surface area contributed by atoms with Gasteiger partial charge in [-0.05, 0) is 13.3 Å². The van der Waals surface area contributed by atoms with Crippen LogP contribution in [0.25, 0.3) is 0 Å². The van der Waals surface area contributed by atoms with Gasteiger partial charge in [0.05, 0.1) is 6.20 Å². The number of nitrogens with zero attached hydrogens (tertiary/aromatic N) is 3. The molecule has 0 spiro atoms. The summed E-state index contributed by atoms with van der Waals surface area (Å²) in [5.74, 6) is 0.476. The minimum absolute atomic E-state index is 0.368. The number of hydrogen-bond donors (Lipinski definition) is 1. The zero-order valence-electron chi connectivity index (χ0n) is 10.8. The molecule has 1 aromatic heterocycles. The predicted molar refractivity (Wildman–Crippen MR) is 68.9 cm³/mol. The molecule has 17 heavy (non-hydrogen) atoms. The van der Waals surface area contributed by atoms with Crippen molar-refractivity contribution in [1.82, 2.24) is 9.97 Å². The number of unbranched alkanes of at least 4 members (excludes halogenated alkanes) is 2. The molecule has 0 unspecified atom stereocenters. The lowest BCUT2D eigenvalue weighted by atomic mass is 10.2. The molecule has 1 aromatic rings. The molecule has 0 saturated carbocycles. The number of halogens is 1. The molecule has 0 aromatic carbocycles. The smallest absolute Gasteiger partial charge is 0.224 e. The van der Waals surface area contributed by atoms with E-state index in [2.05, 4.69) is 22.2 Å². The Morgan fingerprint density at radius 3 is 2.76 bits per heavy atom. The molecule has 0 aliphatic carbocycles. The Kier molecular flexibility index (Phi) is 5.66. The monoisotopic (exact) mass is 240 g/mol. The van der Waals surface area contributed by atoms with Gasteiger partial charge in [-0.1, -0.05) is 19.8 Å². The molecule has 0 aliphatic rings. The van der Waals surface area contributed by atoms with Crippen LogP contribution in [-0.2, 0) is 0 Å². The van der Waals surface area contributed by atoms with E-state index in [0.29, 0.717) is 11.8 Å². The molecule has 0 aliphatic heterocycles. The van der Waals surface area contributed by atoms with Crippen LogP contribution in [-0.4, -0.2) is 30.1 Å². The third kappa shape index (κ3) is 4.17. The van der Waals surface area contributed by atoms with Crippen molar-refractivity contribution in [1.29, 1.82) is 0 Å². The molecule has 0 bridgehead atoms. The van der Waals surface area contributed by atoms with Gasteiger partial charge in [0.15, 0.2) is 11.6 Å². The number of nitrogens with one attached hydrogen (secondary N) is 1. The van der Waals surface area contributed by atoms with E-state index in [1.807, 2.05) is 18.9 Å². The van der Waals surface area contributed by atoms with Gasteiger partial charge in [0.25, 0.3) is 0 Å². The zero-order chi connectivity index (χ0) is 12.7. The Morgan fingerprint density at radius 1 is 1.35 bits per heavy atom. The van der Waals surface area contributed by atoms with Gasteiger partial charge in [-0.3, -0.25) is 0 Å². The van der Waals surface area contributed by atoms with Crippen LogP contribution in [0, 0.1) is 5.82 Å². The zero-order valence-corrected chi connectivity index (χ0v) is 10.8. The lowest BCUT2D eigenvalue weighted by molar-refractivity contribution is 0.602. The highest BCUT2D eigenvalue weighted by Crippen LogP contribution is 2.16. The van der Waals surface area contributed by atoms with E-state index in [1.165, 1.54) is 6.20 Å². The topological polar surface area (TPSA) is 41.1 Å². The first-order chi connectivity index (χ1) is 8.19. The standard InChI is InChI=1S/C12H21FN4/c1-4-6-7-8-17(3)11-10(13)9-15-12(16-11)14-5-2/h9H,4-8H2,1-3H3,(H,14,15,16). The van der Waals surface area contributed by atoms with Crippen molar-refractivity contribution in [3.05, 3.63) is 12.0 Å². The molecule has 5 heteroatoms. The molecule has 0 atom stereocenters. The molecule has 4 nitrogen and oxygen atoms in total. The average molecular weight is 240 g/mol. The van der Waals surface area contributed by atoms with Crippen LogP contribution in [0.5, 0.6) is 0 Å². The van der Waals surface area contributed by atoms with Gasteiger partial charge < -0.3 is 10.2 Å². The van der Waals surface area contributed by atoms with Crippen molar-refractivity contribution in [2.75, 3.05) is 30.4 Å². The van der Waals surface area contributed by atoms with Crippen LogP contribution in [0.2, 0.25) is 0 Å². The molecule has 0 amide bonds. The van der Waals surface area contributed by atoms with Gasteiger partial charge in [-0.2, -0.15) is 4.98 Å². The first kappa shape index (κ1) is 13.7. The summed E-state index contributed by atoms with van der Waals surface area (Å²) in [6.45, 7) is 5.64. The second kappa shape index (κ2) is 7.04. The minimum atomic E-state index is -0.370. The van der Waals surface area contributed by atoms with Crippen LogP contribution < -0.4 is 10.2 Å². The fourth-order valence-electron chi connectivity index (χ4n) is 1.57. The highest BCUT2D eigenvalue weighted by Gasteiger charge is 2.10. The fraction of sp³-hybridized carbons (Fsp3) is 0.667. The van der Waals surface area contributed by atoms with Crippen LogP contribution in [0.15, 0.2) is 6.20 Å². The second-order valence-electron chi connectivity index (χ2n) is 4.02. The second-order valence-corrected chi connectivity index (χ2v) is 4.02. The summed E-state index contributed by atoms with van der Waals surface area (Å²) in [5.41, 5.74) is 0. The number of aromatic nitrogens is 2. The van der Waals surface area contributed by atoms with Crippen molar-refractivity contribution >= 4 is 11.8 Å². The van der Waals surface area contributed by atoms with Crippen LogP contribution in [0.1, 0.15) is 33.1 Å². The number of rotatable bonds is 7. The number of anilines is 2. The maximum absolute atomic E-state index is 13.6.